The van der Waals surface area contributed by atoms with Crippen LogP contribution in [-0.4, -0.2) is 71.8 Å². The first-order chi connectivity index (χ1) is 17.9. The van der Waals surface area contributed by atoms with Crippen molar-refractivity contribution in [3.63, 3.8) is 0 Å². The molecule has 0 unspecified atom stereocenters. The van der Waals surface area contributed by atoms with Crippen molar-refractivity contribution in [2.24, 2.45) is 5.92 Å². The first-order valence-electron chi connectivity index (χ1n) is 13.6. The molecule has 4 rings (SSSR count). The fourth-order valence-electron chi connectivity index (χ4n) is 5.32. The van der Waals surface area contributed by atoms with Crippen molar-refractivity contribution in [2.75, 3.05) is 65.1 Å². The number of fused-ring (bicyclic) bond motifs is 1. The molecular weight excluding hydrogens is 466 g/mol. The molecule has 0 spiro atoms. The summed E-state index contributed by atoms with van der Waals surface area (Å²) in [7, 11) is 3.47. The number of benzene rings is 2. The molecule has 7 nitrogen and oxygen atoms in total. The third kappa shape index (κ3) is 7.60. The van der Waals surface area contributed by atoms with Crippen LogP contribution < -0.4 is 25.0 Å². The molecule has 2 N–H and O–H groups in total. The number of piperidine rings is 1. The lowest BCUT2D eigenvalue weighted by Crippen LogP contribution is -2.51. The molecule has 37 heavy (non-hydrogen) atoms. The summed E-state index contributed by atoms with van der Waals surface area (Å²) >= 11 is 0. The van der Waals surface area contributed by atoms with E-state index in [9.17, 15) is 0 Å². The van der Waals surface area contributed by atoms with Crippen LogP contribution in [0.25, 0.3) is 0 Å². The lowest BCUT2D eigenvalue weighted by atomic mass is 9.78. The molecule has 0 aromatic heterocycles. The third-order valence-corrected chi connectivity index (χ3v) is 7.28. The van der Waals surface area contributed by atoms with Crippen LogP contribution >= 0.6 is 0 Å². The number of hydrogen-bond donors (Lipinski definition) is 2. The predicted octanol–water partition coefficient (Wildman–Crippen LogP) is 4.21. The van der Waals surface area contributed by atoms with Gasteiger partial charge in [0, 0.05) is 44.8 Å². The summed E-state index contributed by atoms with van der Waals surface area (Å²) in [5.74, 6) is 2.54. The first-order valence-corrected chi connectivity index (χ1v) is 13.6. The number of ether oxygens (including phenoxy) is 4. The van der Waals surface area contributed by atoms with Gasteiger partial charge in [0.15, 0.2) is 0 Å². The Hall–Kier alpha value is -2.32. The van der Waals surface area contributed by atoms with E-state index in [0.29, 0.717) is 12.5 Å². The van der Waals surface area contributed by atoms with Gasteiger partial charge in [-0.3, -0.25) is 0 Å². The Kier molecular flexibility index (Phi) is 9.71. The lowest BCUT2D eigenvalue weighted by molar-refractivity contribution is -0.00665. The fourth-order valence-corrected chi connectivity index (χ4v) is 5.32. The monoisotopic (exact) mass is 511 g/mol. The molecule has 0 saturated carbocycles. The SMILES string of the molecule is COCCCN1CCOc2ccc(CO[C@H]3CNC[C@@H](CNC(C)(C)C)[C@@H]3c3ccc(OC)cc3)cc21. The molecule has 1 saturated heterocycles. The summed E-state index contributed by atoms with van der Waals surface area (Å²) in [5, 5.41) is 7.36. The van der Waals surface area contributed by atoms with Crippen molar-refractivity contribution >= 4 is 5.69 Å². The average Bonchev–Trinajstić information content (AvgIpc) is 2.90. The molecule has 0 aliphatic carbocycles. The van der Waals surface area contributed by atoms with Crippen molar-refractivity contribution in [3.8, 4) is 11.5 Å². The van der Waals surface area contributed by atoms with Gasteiger partial charge in [-0.05, 0) is 75.0 Å². The van der Waals surface area contributed by atoms with Gasteiger partial charge in [0.25, 0.3) is 0 Å². The summed E-state index contributed by atoms with van der Waals surface area (Å²) in [5.41, 5.74) is 3.70. The minimum absolute atomic E-state index is 0.0680. The van der Waals surface area contributed by atoms with Gasteiger partial charge in [0.1, 0.15) is 18.1 Å². The van der Waals surface area contributed by atoms with Crippen LogP contribution in [0.5, 0.6) is 11.5 Å². The van der Waals surface area contributed by atoms with E-state index < -0.39 is 0 Å². The van der Waals surface area contributed by atoms with E-state index in [0.717, 1.165) is 69.5 Å². The molecule has 2 aliphatic heterocycles. The normalized spacial score (nSPS) is 21.9. The summed E-state index contributed by atoms with van der Waals surface area (Å²) in [4.78, 5) is 2.40. The van der Waals surface area contributed by atoms with Gasteiger partial charge in [-0.1, -0.05) is 18.2 Å². The molecule has 2 heterocycles. The highest BCUT2D eigenvalue weighted by atomic mass is 16.5. The molecule has 0 bridgehead atoms. The molecule has 1 fully saturated rings. The third-order valence-electron chi connectivity index (χ3n) is 7.28. The van der Waals surface area contributed by atoms with Crippen molar-refractivity contribution < 1.29 is 18.9 Å². The highest BCUT2D eigenvalue weighted by Gasteiger charge is 2.35. The second kappa shape index (κ2) is 13.0. The topological polar surface area (TPSA) is 64.2 Å². The Morgan fingerprint density at radius 2 is 1.89 bits per heavy atom. The van der Waals surface area contributed by atoms with E-state index in [1.807, 2.05) is 0 Å². The van der Waals surface area contributed by atoms with E-state index in [1.54, 1.807) is 14.2 Å². The average molecular weight is 512 g/mol. The van der Waals surface area contributed by atoms with Crippen LogP contribution in [0.4, 0.5) is 5.69 Å². The van der Waals surface area contributed by atoms with Gasteiger partial charge < -0.3 is 34.5 Å². The number of methoxy groups -OCH3 is 2. The molecular formula is C30H45N3O4. The van der Waals surface area contributed by atoms with E-state index in [-0.39, 0.29) is 17.6 Å². The molecule has 0 radical (unpaired) electrons. The number of hydrogen-bond acceptors (Lipinski definition) is 7. The summed E-state index contributed by atoms with van der Waals surface area (Å²) in [6, 6.07) is 15.0. The summed E-state index contributed by atoms with van der Waals surface area (Å²) in [6.45, 7) is 13.3. The fraction of sp³-hybridized carbons (Fsp3) is 0.600. The smallest absolute Gasteiger partial charge is 0.142 e. The largest absolute Gasteiger partial charge is 0.497 e. The van der Waals surface area contributed by atoms with Gasteiger partial charge in [0.05, 0.1) is 32.1 Å². The molecule has 3 atom stereocenters. The molecule has 2 aromatic rings. The highest BCUT2D eigenvalue weighted by molar-refractivity contribution is 5.61. The van der Waals surface area contributed by atoms with Crippen molar-refractivity contribution in [1.29, 1.82) is 0 Å². The maximum atomic E-state index is 6.68. The second-order valence-corrected chi connectivity index (χ2v) is 11.2. The van der Waals surface area contributed by atoms with Crippen molar-refractivity contribution in [1.82, 2.24) is 10.6 Å². The first kappa shape index (κ1) is 27.7. The van der Waals surface area contributed by atoms with Crippen molar-refractivity contribution in [2.45, 2.75) is 51.4 Å². The van der Waals surface area contributed by atoms with Crippen LogP contribution in [-0.2, 0) is 16.1 Å². The zero-order valence-electron chi connectivity index (χ0n) is 23.2. The number of nitrogens with one attached hydrogen (secondary N) is 2. The summed E-state index contributed by atoms with van der Waals surface area (Å²) in [6.07, 6.45) is 1.07. The lowest BCUT2D eigenvalue weighted by Gasteiger charge is -2.40. The van der Waals surface area contributed by atoms with Crippen molar-refractivity contribution in [3.05, 3.63) is 53.6 Å². The van der Waals surface area contributed by atoms with Gasteiger partial charge in [0.2, 0.25) is 0 Å². The minimum atomic E-state index is 0.0680. The van der Waals surface area contributed by atoms with Crippen LogP contribution in [0.15, 0.2) is 42.5 Å². The Labute approximate surface area is 222 Å². The van der Waals surface area contributed by atoms with Crippen LogP contribution in [0.2, 0.25) is 0 Å². The molecule has 2 aliphatic rings. The van der Waals surface area contributed by atoms with E-state index in [1.165, 1.54) is 11.1 Å². The highest BCUT2D eigenvalue weighted by Crippen LogP contribution is 2.36. The Morgan fingerprint density at radius 1 is 1.08 bits per heavy atom. The predicted molar refractivity (Wildman–Crippen MR) is 149 cm³/mol. The van der Waals surface area contributed by atoms with Gasteiger partial charge in [-0.2, -0.15) is 0 Å². The Morgan fingerprint density at radius 3 is 2.62 bits per heavy atom. The summed E-state index contributed by atoms with van der Waals surface area (Å²) < 4.78 is 23.3. The number of rotatable bonds is 11. The van der Waals surface area contributed by atoms with Gasteiger partial charge >= 0.3 is 0 Å². The maximum Gasteiger partial charge on any atom is 0.142 e. The maximum absolute atomic E-state index is 6.68. The Bertz CT molecular complexity index is 976. The van der Waals surface area contributed by atoms with Gasteiger partial charge in [-0.25, -0.2) is 0 Å². The quantitative estimate of drug-likeness (QED) is 0.438. The molecule has 0 amide bonds. The zero-order chi connectivity index (χ0) is 26.3. The molecule has 204 valence electrons. The van der Waals surface area contributed by atoms with Gasteiger partial charge in [-0.15, -0.1) is 0 Å². The minimum Gasteiger partial charge on any atom is -0.497 e. The standard InChI is InChI=1S/C30H45N3O4/c1-30(2,3)32-19-24-18-31-20-28(29(24)23-8-10-25(35-5)11-9-23)37-21-22-7-12-27-26(17-22)33(14-16-36-27)13-6-15-34-4/h7-12,17,24,28-29,31-32H,6,13-16,18-21H2,1-5H3/t24-,28-,29-/m0/s1. The van der Waals surface area contributed by atoms with E-state index >= 15 is 0 Å². The molecule has 7 heteroatoms. The number of anilines is 1. The van der Waals surface area contributed by atoms with Crippen LogP contribution in [0, 0.1) is 5.92 Å². The molecule has 2 aromatic carbocycles. The van der Waals surface area contributed by atoms with Crippen LogP contribution in [0.3, 0.4) is 0 Å². The van der Waals surface area contributed by atoms with Crippen LogP contribution in [0.1, 0.15) is 44.2 Å². The van der Waals surface area contributed by atoms with E-state index in [2.05, 4.69) is 78.8 Å². The second-order valence-electron chi connectivity index (χ2n) is 11.2. The zero-order valence-corrected chi connectivity index (χ0v) is 23.2. The number of nitrogens with zero attached hydrogens (tertiary/aromatic N) is 1. The Balaban J connectivity index is 1.49. The van der Waals surface area contributed by atoms with E-state index in [4.69, 9.17) is 18.9 Å².